The summed E-state index contributed by atoms with van der Waals surface area (Å²) in [5.41, 5.74) is -0.504. The molecule has 0 heterocycles. The van der Waals surface area contributed by atoms with Crippen LogP contribution in [0.4, 0.5) is 0 Å². The van der Waals surface area contributed by atoms with E-state index in [2.05, 4.69) is 6.92 Å². The van der Waals surface area contributed by atoms with Crippen LogP contribution in [-0.2, 0) is 52.2 Å². The molecule has 11 heteroatoms. The van der Waals surface area contributed by atoms with Gasteiger partial charge in [-0.15, -0.1) is 0 Å². The summed E-state index contributed by atoms with van der Waals surface area (Å²) in [6, 6.07) is 0. The van der Waals surface area contributed by atoms with Crippen LogP contribution in [0.1, 0.15) is 53.4 Å². The van der Waals surface area contributed by atoms with E-state index in [1.54, 1.807) is 0 Å². The maximum atomic E-state index is 11.5. The summed E-state index contributed by atoms with van der Waals surface area (Å²) in [6.07, 6.45) is 4.89. The van der Waals surface area contributed by atoms with Crippen LogP contribution < -0.4 is 0 Å². The Bertz CT molecular complexity index is 500. The third-order valence-corrected chi connectivity index (χ3v) is 4.76. The summed E-state index contributed by atoms with van der Waals surface area (Å²) in [5.74, 6) is -0.381. The second-order valence-corrected chi connectivity index (χ2v) is 9.60. The normalized spacial score (nSPS) is 11.8. The first kappa shape index (κ1) is 38.1. The van der Waals surface area contributed by atoms with Crippen LogP contribution in [0, 0.1) is 0 Å². The molecule has 0 aromatic heterocycles. The van der Waals surface area contributed by atoms with Gasteiger partial charge in [0.2, 0.25) is 0 Å². The van der Waals surface area contributed by atoms with Gasteiger partial charge < -0.3 is 47.4 Å². The van der Waals surface area contributed by atoms with E-state index in [1.807, 2.05) is 20.8 Å². The van der Waals surface area contributed by atoms with Gasteiger partial charge in [0.15, 0.2) is 0 Å². The molecule has 0 fully saturated rings. The highest BCUT2D eigenvalue weighted by molar-refractivity contribution is 5.71. The summed E-state index contributed by atoms with van der Waals surface area (Å²) < 4.78 is 54.0. The molecule has 0 aromatic carbocycles. The fourth-order valence-corrected chi connectivity index (χ4v) is 2.92. The second-order valence-electron chi connectivity index (χ2n) is 9.60. The molecular weight excluding hydrogens is 512 g/mol. The molecule has 0 aliphatic rings. The predicted octanol–water partition coefficient (Wildman–Crippen LogP) is 3.06. The monoisotopic (exact) mass is 568 g/mol. The third-order valence-electron chi connectivity index (χ3n) is 4.76. The van der Waals surface area contributed by atoms with Crippen LogP contribution >= 0.6 is 0 Å². The zero-order chi connectivity index (χ0) is 28.7. The minimum absolute atomic E-state index is 0.0765. The standard InChI is InChI=1S/C28H56O11/c1-5-6-7-8-9-30-10-11-31-12-13-32-14-15-33-16-17-34-18-19-35-20-21-36-22-23-37-24-25-38-26-27(29)39-28(2,3)4/h5-26H2,1-4H3. The molecule has 0 aliphatic carbocycles. The molecule has 0 aliphatic heterocycles. The van der Waals surface area contributed by atoms with Gasteiger partial charge in [0.25, 0.3) is 0 Å². The Hall–Kier alpha value is -0.890. The molecule has 0 aromatic rings. The lowest BCUT2D eigenvalue weighted by molar-refractivity contribution is -0.160. The summed E-state index contributed by atoms with van der Waals surface area (Å²) in [6.45, 7) is 16.5. The molecular formula is C28H56O11. The summed E-state index contributed by atoms with van der Waals surface area (Å²) in [4.78, 5) is 11.5. The third kappa shape index (κ3) is 35.1. The Morgan fingerprint density at radius 1 is 0.436 bits per heavy atom. The number of carbonyl (C=O) groups excluding carboxylic acids is 1. The van der Waals surface area contributed by atoms with Gasteiger partial charge in [0.1, 0.15) is 12.2 Å². The molecule has 0 unspecified atom stereocenters. The van der Waals surface area contributed by atoms with Crippen molar-refractivity contribution < 1.29 is 52.2 Å². The lowest BCUT2D eigenvalue weighted by atomic mass is 10.2. The number of rotatable bonds is 31. The molecule has 234 valence electrons. The van der Waals surface area contributed by atoms with E-state index in [-0.39, 0.29) is 12.6 Å². The second kappa shape index (κ2) is 30.1. The zero-order valence-electron chi connectivity index (χ0n) is 25.0. The highest BCUT2D eigenvalue weighted by Crippen LogP contribution is 2.06. The van der Waals surface area contributed by atoms with Gasteiger partial charge in [-0.05, 0) is 27.2 Å². The average molecular weight is 569 g/mol. The number of hydrogen-bond acceptors (Lipinski definition) is 11. The van der Waals surface area contributed by atoms with Crippen molar-refractivity contribution in [1.29, 1.82) is 0 Å². The van der Waals surface area contributed by atoms with Crippen molar-refractivity contribution >= 4 is 5.97 Å². The quantitative estimate of drug-likeness (QED) is 0.0909. The van der Waals surface area contributed by atoms with Gasteiger partial charge in [-0.3, -0.25) is 0 Å². The molecule has 0 N–H and O–H groups in total. The van der Waals surface area contributed by atoms with E-state index in [0.717, 1.165) is 13.0 Å². The van der Waals surface area contributed by atoms with Crippen molar-refractivity contribution in [3.8, 4) is 0 Å². The Balaban J connectivity index is 3.09. The Morgan fingerprint density at radius 2 is 0.744 bits per heavy atom. The maximum Gasteiger partial charge on any atom is 0.332 e. The lowest BCUT2D eigenvalue weighted by Gasteiger charge is -2.19. The zero-order valence-corrected chi connectivity index (χ0v) is 25.0. The molecule has 39 heavy (non-hydrogen) atoms. The number of unbranched alkanes of at least 4 members (excludes halogenated alkanes) is 3. The Morgan fingerprint density at radius 3 is 1.05 bits per heavy atom. The van der Waals surface area contributed by atoms with E-state index in [1.165, 1.54) is 19.3 Å². The first-order valence-corrected chi connectivity index (χ1v) is 14.4. The van der Waals surface area contributed by atoms with Gasteiger partial charge >= 0.3 is 5.97 Å². The number of esters is 1. The van der Waals surface area contributed by atoms with Crippen LogP contribution in [0.15, 0.2) is 0 Å². The highest BCUT2D eigenvalue weighted by atomic mass is 16.6. The molecule has 0 rings (SSSR count). The van der Waals surface area contributed by atoms with Crippen LogP contribution in [-0.4, -0.2) is 130 Å². The summed E-state index contributed by atoms with van der Waals surface area (Å²) in [7, 11) is 0. The summed E-state index contributed by atoms with van der Waals surface area (Å²) in [5, 5.41) is 0. The molecule has 0 saturated carbocycles. The van der Waals surface area contributed by atoms with Crippen molar-refractivity contribution in [3.63, 3.8) is 0 Å². The Kier molecular flexibility index (Phi) is 29.4. The van der Waals surface area contributed by atoms with Crippen molar-refractivity contribution in [1.82, 2.24) is 0 Å². The van der Waals surface area contributed by atoms with Crippen molar-refractivity contribution in [2.75, 3.05) is 119 Å². The molecule has 0 atom stereocenters. The molecule has 0 spiro atoms. The first-order chi connectivity index (χ1) is 19.0. The minimum Gasteiger partial charge on any atom is -0.458 e. The fourth-order valence-electron chi connectivity index (χ4n) is 2.92. The molecule has 0 radical (unpaired) electrons. The smallest absolute Gasteiger partial charge is 0.332 e. The number of carbonyl (C=O) groups is 1. The number of hydrogen-bond donors (Lipinski definition) is 0. The SMILES string of the molecule is CCCCCCOCCOCCOCCOCCOCCOCCOCCOCCOCC(=O)OC(C)(C)C. The lowest BCUT2D eigenvalue weighted by Crippen LogP contribution is -2.27. The highest BCUT2D eigenvalue weighted by Gasteiger charge is 2.15. The van der Waals surface area contributed by atoms with E-state index < -0.39 is 5.60 Å². The van der Waals surface area contributed by atoms with Gasteiger partial charge in [-0.25, -0.2) is 4.79 Å². The van der Waals surface area contributed by atoms with E-state index in [9.17, 15) is 4.79 Å². The molecule has 0 saturated heterocycles. The van der Waals surface area contributed by atoms with Crippen LogP contribution in [0.5, 0.6) is 0 Å². The fraction of sp³-hybridized carbons (Fsp3) is 0.964. The van der Waals surface area contributed by atoms with Gasteiger partial charge in [0, 0.05) is 6.61 Å². The van der Waals surface area contributed by atoms with Gasteiger partial charge in [0.05, 0.1) is 106 Å². The molecule has 11 nitrogen and oxygen atoms in total. The average Bonchev–Trinajstić information content (AvgIpc) is 2.88. The summed E-state index contributed by atoms with van der Waals surface area (Å²) >= 11 is 0. The minimum atomic E-state index is -0.504. The van der Waals surface area contributed by atoms with Crippen LogP contribution in [0.3, 0.4) is 0 Å². The van der Waals surface area contributed by atoms with Crippen molar-refractivity contribution in [2.24, 2.45) is 0 Å². The van der Waals surface area contributed by atoms with Crippen LogP contribution in [0.25, 0.3) is 0 Å². The van der Waals surface area contributed by atoms with E-state index >= 15 is 0 Å². The largest absolute Gasteiger partial charge is 0.458 e. The van der Waals surface area contributed by atoms with Gasteiger partial charge in [-0.2, -0.15) is 0 Å². The molecule has 0 bridgehead atoms. The topological polar surface area (TPSA) is 109 Å². The Labute approximate surface area is 236 Å². The van der Waals surface area contributed by atoms with Crippen LogP contribution in [0.2, 0.25) is 0 Å². The first-order valence-electron chi connectivity index (χ1n) is 14.4. The number of ether oxygens (including phenoxy) is 10. The van der Waals surface area contributed by atoms with E-state index in [4.69, 9.17) is 47.4 Å². The predicted molar refractivity (Wildman–Crippen MR) is 147 cm³/mol. The van der Waals surface area contributed by atoms with E-state index in [0.29, 0.717) is 106 Å². The van der Waals surface area contributed by atoms with Gasteiger partial charge in [-0.1, -0.05) is 26.2 Å². The van der Waals surface area contributed by atoms with Crippen molar-refractivity contribution in [2.45, 2.75) is 59.0 Å². The van der Waals surface area contributed by atoms with Crippen molar-refractivity contribution in [3.05, 3.63) is 0 Å². The molecule has 0 amide bonds. The maximum absolute atomic E-state index is 11.5.